The van der Waals surface area contributed by atoms with Crippen LogP contribution in [0.3, 0.4) is 0 Å². The molecule has 2 heterocycles. The van der Waals surface area contributed by atoms with Crippen molar-refractivity contribution in [1.82, 2.24) is 9.97 Å². The molecule has 0 atom stereocenters. The van der Waals surface area contributed by atoms with Crippen molar-refractivity contribution < 1.29 is 23.7 Å². The fourth-order valence-electron chi connectivity index (χ4n) is 3.19. The van der Waals surface area contributed by atoms with Crippen LogP contribution >= 0.6 is 22.7 Å². The number of anilines is 1. The van der Waals surface area contributed by atoms with Crippen molar-refractivity contribution in [1.29, 1.82) is 0 Å². The molecule has 1 N–H and O–H groups in total. The van der Waals surface area contributed by atoms with Crippen LogP contribution in [0, 0.1) is 0 Å². The van der Waals surface area contributed by atoms with Gasteiger partial charge in [0, 0.05) is 16.3 Å². The van der Waals surface area contributed by atoms with Crippen molar-refractivity contribution >= 4 is 33.7 Å². The van der Waals surface area contributed by atoms with Crippen LogP contribution in [0.2, 0.25) is 0 Å². The average Bonchev–Trinajstić information content (AvgIpc) is 3.53. The lowest BCUT2D eigenvalue weighted by Gasteiger charge is -2.10. The van der Waals surface area contributed by atoms with Gasteiger partial charge in [0.15, 0.2) is 16.6 Å². The van der Waals surface area contributed by atoms with E-state index >= 15 is 0 Å². The number of amides is 1. The average molecular weight is 484 g/mol. The zero-order valence-electron chi connectivity index (χ0n) is 18.4. The lowest BCUT2D eigenvalue weighted by molar-refractivity contribution is 0.102. The van der Waals surface area contributed by atoms with Gasteiger partial charge in [0.25, 0.3) is 5.91 Å². The summed E-state index contributed by atoms with van der Waals surface area (Å²) in [5.41, 5.74) is 2.49. The zero-order valence-corrected chi connectivity index (χ0v) is 20.0. The molecule has 0 fully saturated rings. The van der Waals surface area contributed by atoms with Gasteiger partial charge in [-0.15, -0.1) is 22.7 Å². The monoisotopic (exact) mass is 483 g/mol. The summed E-state index contributed by atoms with van der Waals surface area (Å²) in [5, 5.41) is 7.46. The number of nitrogens with one attached hydrogen (secondary N) is 1. The quantitative estimate of drug-likeness (QED) is 0.367. The molecule has 0 saturated carbocycles. The molecule has 33 heavy (non-hydrogen) atoms. The van der Waals surface area contributed by atoms with Crippen LogP contribution < -0.4 is 24.3 Å². The van der Waals surface area contributed by atoms with Crippen molar-refractivity contribution in [2.75, 3.05) is 33.8 Å². The van der Waals surface area contributed by atoms with Crippen LogP contribution in [0.25, 0.3) is 21.8 Å². The Balaban J connectivity index is 1.55. The van der Waals surface area contributed by atoms with E-state index in [1.54, 1.807) is 39.9 Å². The molecule has 0 radical (unpaired) electrons. The van der Waals surface area contributed by atoms with Gasteiger partial charge >= 0.3 is 0 Å². The summed E-state index contributed by atoms with van der Waals surface area (Å²) in [6, 6.07) is 11.0. The van der Waals surface area contributed by atoms with E-state index in [2.05, 4.69) is 15.3 Å². The summed E-state index contributed by atoms with van der Waals surface area (Å²) in [6.07, 6.45) is 0. The van der Waals surface area contributed by atoms with Crippen LogP contribution in [0.4, 0.5) is 5.13 Å². The van der Waals surface area contributed by atoms with E-state index in [1.165, 1.54) is 22.7 Å². The molecule has 0 aliphatic heterocycles. The molecule has 10 heteroatoms. The molecule has 0 aliphatic rings. The number of nitrogens with zero attached hydrogens (tertiary/aromatic N) is 2. The molecular weight excluding hydrogens is 462 g/mol. The summed E-state index contributed by atoms with van der Waals surface area (Å²) in [4.78, 5) is 21.8. The second kappa shape index (κ2) is 9.88. The van der Waals surface area contributed by atoms with Crippen LogP contribution in [-0.2, 0) is 0 Å². The minimum Gasteiger partial charge on any atom is -0.497 e. The van der Waals surface area contributed by atoms with Crippen LogP contribution in [0.15, 0.2) is 47.2 Å². The third kappa shape index (κ3) is 4.62. The summed E-state index contributed by atoms with van der Waals surface area (Å²) in [6.45, 7) is 0. The fourth-order valence-corrected chi connectivity index (χ4v) is 4.71. The predicted octanol–water partition coefficient (Wildman–Crippen LogP) is 5.22. The van der Waals surface area contributed by atoms with Gasteiger partial charge in [-0.3, -0.25) is 10.1 Å². The molecule has 0 aliphatic carbocycles. The minimum absolute atomic E-state index is 0.288. The first kappa shape index (κ1) is 22.6. The van der Waals surface area contributed by atoms with E-state index in [4.69, 9.17) is 18.9 Å². The smallest absolute Gasteiger partial charge is 0.276 e. The number of thiazole rings is 2. The van der Waals surface area contributed by atoms with Gasteiger partial charge < -0.3 is 18.9 Å². The highest BCUT2D eigenvalue weighted by Gasteiger charge is 2.19. The SMILES string of the molecule is COc1ccc(OC)c(-c2csc(NC(=O)c3csc(-c4cccc(OC)c4OC)n3)n2)c1. The van der Waals surface area contributed by atoms with Crippen molar-refractivity contribution in [2.45, 2.75) is 0 Å². The number of methoxy groups -OCH3 is 4. The van der Waals surface area contributed by atoms with Crippen LogP contribution in [-0.4, -0.2) is 44.3 Å². The largest absolute Gasteiger partial charge is 0.497 e. The Kier molecular flexibility index (Phi) is 6.76. The Bertz CT molecular complexity index is 1280. The van der Waals surface area contributed by atoms with Crippen molar-refractivity contribution in [2.24, 2.45) is 0 Å². The first-order valence-electron chi connectivity index (χ1n) is 9.74. The van der Waals surface area contributed by atoms with E-state index in [0.717, 1.165) is 11.1 Å². The van der Waals surface area contributed by atoms with E-state index < -0.39 is 0 Å². The number of hydrogen-bond acceptors (Lipinski definition) is 9. The summed E-state index contributed by atoms with van der Waals surface area (Å²) in [5.74, 6) is 2.16. The van der Waals surface area contributed by atoms with Gasteiger partial charge in [-0.1, -0.05) is 6.07 Å². The van der Waals surface area contributed by atoms with Crippen molar-refractivity contribution in [3.8, 4) is 44.8 Å². The number of para-hydroxylation sites is 1. The minimum atomic E-state index is -0.349. The molecule has 4 rings (SSSR count). The van der Waals surface area contributed by atoms with E-state index in [-0.39, 0.29) is 11.6 Å². The highest BCUT2D eigenvalue weighted by Crippen LogP contribution is 2.39. The molecule has 2 aromatic carbocycles. The number of rotatable bonds is 8. The standard InChI is InChI=1S/C23H21N3O5S2/c1-28-13-8-9-18(29-2)15(10-13)16-11-33-23(25-16)26-21(27)17-12-32-22(24-17)14-6-5-7-19(30-3)20(14)31-4/h5-12H,1-4H3,(H,25,26,27). The summed E-state index contributed by atoms with van der Waals surface area (Å²) < 4.78 is 21.6. The number of carbonyl (C=O) groups excluding carboxylic acids is 1. The van der Waals surface area contributed by atoms with Gasteiger partial charge in [0.05, 0.1) is 39.7 Å². The Hall–Kier alpha value is -3.63. The Morgan fingerprint density at radius 3 is 2.39 bits per heavy atom. The molecule has 4 aromatic rings. The molecule has 0 spiro atoms. The molecular formula is C23H21N3O5S2. The molecule has 0 bridgehead atoms. The highest BCUT2D eigenvalue weighted by atomic mass is 32.1. The highest BCUT2D eigenvalue weighted by molar-refractivity contribution is 7.14. The number of ether oxygens (including phenoxy) is 4. The Morgan fingerprint density at radius 1 is 0.848 bits per heavy atom. The first-order chi connectivity index (χ1) is 16.1. The summed E-state index contributed by atoms with van der Waals surface area (Å²) >= 11 is 2.66. The Labute approximate surface area is 198 Å². The van der Waals surface area contributed by atoms with Crippen LogP contribution in [0.1, 0.15) is 10.5 Å². The normalized spacial score (nSPS) is 10.5. The third-order valence-electron chi connectivity index (χ3n) is 4.78. The van der Waals surface area contributed by atoms with Gasteiger partial charge in [-0.2, -0.15) is 0 Å². The fraction of sp³-hybridized carbons (Fsp3) is 0.174. The Morgan fingerprint density at radius 2 is 1.67 bits per heavy atom. The number of carbonyl (C=O) groups is 1. The molecule has 1 amide bonds. The van der Waals surface area contributed by atoms with Gasteiger partial charge in [0.2, 0.25) is 0 Å². The molecule has 2 aromatic heterocycles. The van der Waals surface area contributed by atoms with E-state index in [9.17, 15) is 4.79 Å². The van der Waals surface area contributed by atoms with E-state index in [1.807, 2.05) is 35.7 Å². The van der Waals surface area contributed by atoms with Crippen LogP contribution in [0.5, 0.6) is 23.0 Å². The topological polar surface area (TPSA) is 91.8 Å². The maximum atomic E-state index is 12.8. The third-order valence-corrected chi connectivity index (χ3v) is 6.41. The molecule has 170 valence electrons. The molecule has 0 unspecified atom stereocenters. The maximum absolute atomic E-state index is 12.8. The summed E-state index contributed by atoms with van der Waals surface area (Å²) in [7, 11) is 6.34. The second-order valence-electron chi connectivity index (χ2n) is 6.64. The van der Waals surface area contributed by atoms with Crippen molar-refractivity contribution in [3.05, 3.63) is 52.9 Å². The predicted molar refractivity (Wildman–Crippen MR) is 129 cm³/mol. The molecule has 0 saturated heterocycles. The first-order valence-corrected chi connectivity index (χ1v) is 11.5. The molecule has 8 nitrogen and oxygen atoms in total. The zero-order chi connectivity index (χ0) is 23.4. The number of aromatic nitrogens is 2. The lowest BCUT2D eigenvalue weighted by Crippen LogP contribution is -2.12. The lowest BCUT2D eigenvalue weighted by atomic mass is 10.1. The second-order valence-corrected chi connectivity index (χ2v) is 8.35. The van der Waals surface area contributed by atoms with Gasteiger partial charge in [-0.05, 0) is 30.3 Å². The number of hydrogen-bond donors (Lipinski definition) is 1. The number of benzene rings is 2. The van der Waals surface area contributed by atoms with Gasteiger partial charge in [0.1, 0.15) is 22.2 Å². The van der Waals surface area contributed by atoms with Crippen molar-refractivity contribution in [3.63, 3.8) is 0 Å². The maximum Gasteiger partial charge on any atom is 0.276 e. The van der Waals surface area contributed by atoms with E-state index in [0.29, 0.717) is 38.8 Å². The van der Waals surface area contributed by atoms with Gasteiger partial charge in [-0.25, -0.2) is 9.97 Å².